The second-order valence-corrected chi connectivity index (χ2v) is 5.08. The molecule has 0 saturated carbocycles. The molecule has 21 heavy (non-hydrogen) atoms. The summed E-state index contributed by atoms with van der Waals surface area (Å²) in [6.07, 6.45) is 1.76. The molecule has 0 amide bonds. The minimum absolute atomic E-state index is 0.569. The van der Waals surface area contributed by atoms with Gasteiger partial charge in [0.2, 0.25) is 0 Å². The molecular weight excluding hydrogens is 264 g/mol. The van der Waals surface area contributed by atoms with Crippen LogP contribution in [-0.2, 0) is 0 Å². The van der Waals surface area contributed by atoms with E-state index in [2.05, 4.69) is 20.9 Å². The molecule has 2 aromatic rings. The van der Waals surface area contributed by atoms with Crippen molar-refractivity contribution in [1.29, 1.82) is 0 Å². The van der Waals surface area contributed by atoms with Crippen LogP contribution >= 0.6 is 0 Å². The van der Waals surface area contributed by atoms with Crippen LogP contribution in [0.15, 0.2) is 42.6 Å². The number of hydrogen-bond acceptors (Lipinski definition) is 5. The number of benzene rings is 1. The Bertz CT molecular complexity index is 609. The van der Waals surface area contributed by atoms with Crippen molar-refractivity contribution in [3.8, 4) is 5.75 Å². The number of nitrogen functional groups attached to an aromatic ring is 1. The van der Waals surface area contributed by atoms with E-state index in [9.17, 15) is 0 Å². The Labute approximate surface area is 125 Å². The maximum Gasteiger partial charge on any atom is 0.142 e. The molecule has 1 saturated heterocycles. The molecule has 0 bridgehead atoms. The summed E-state index contributed by atoms with van der Waals surface area (Å²) in [5.74, 6) is 1.50. The van der Waals surface area contributed by atoms with Gasteiger partial charge in [-0.15, -0.1) is 0 Å². The summed E-state index contributed by atoms with van der Waals surface area (Å²) >= 11 is 0. The van der Waals surface area contributed by atoms with Gasteiger partial charge in [0.1, 0.15) is 11.6 Å². The Morgan fingerprint density at radius 2 is 1.76 bits per heavy atom. The average Bonchev–Trinajstić information content (AvgIpc) is 2.55. The van der Waals surface area contributed by atoms with Crippen LogP contribution in [0.25, 0.3) is 0 Å². The zero-order chi connectivity index (χ0) is 14.7. The maximum absolute atomic E-state index is 5.76. The normalized spacial score (nSPS) is 15.1. The number of rotatable bonds is 3. The molecule has 0 spiro atoms. The Morgan fingerprint density at radius 1 is 1.05 bits per heavy atom. The summed E-state index contributed by atoms with van der Waals surface area (Å²) in [6, 6.07) is 12.1. The summed E-state index contributed by atoms with van der Waals surface area (Å²) in [7, 11) is 1.72. The SMILES string of the molecule is COc1ccccc1N1CCN(c2ccnc(N)c2)CC1. The number of nitrogens with two attached hydrogens (primary N) is 1. The zero-order valence-electron chi connectivity index (χ0n) is 12.2. The molecule has 1 aromatic heterocycles. The van der Waals surface area contributed by atoms with Crippen LogP contribution in [0, 0.1) is 0 Å². The lowest BCUT2D eigenvalue weighted by atomic mass is 10.2. The fourth-order valence-electron chi connectivity index (χ4n) is 2.73. The maximum atomic E-state index is 5.76. The van der Waals surface area contributed by atoms with E-state index in [1.807, 2.05) is 30.3 Å². The fourth-order valence-corrected chi connectivity index (χ4v) is 2.73. The molecule has 110 valence electrons. The van der Waals surface area contributed by atoms with Crippen LogP contribution in [0.5, 0.6) is 5.75 Å². The van der Waals surface area contributed by atoms with Crippen LogP contribution in [0.4, 0.5) is 17.2 Å². The number of aromatic nitrogens is 1. The van der Waals surface area contributed by atoms with Crippen LogP contribution in [0.2, 0.25) is 0 Å². The zero-order valence-corrected chi connectivity index (χ0v) is 12.2. The van der Waals surface area contributed by atoms with Gasteiger partial charge in [0.25, 0.3) is 0 Å². The summed E-state index contributed by atoms with van der Waals surface area (Å²) in [4.78, 5) is 8.74. The molecule has 3 rings (SSSR count). The highest BCUT2D eigenvalue weighted by molar-refractivity contribution is 5.60. The molecular formula is C16H20N4O. The Balaban J connectivity index is 1.70. The van der Waals surface area contributed by atoms with Crippen molar-refractivity contribution in [3.05, 3.63) is 42.6 Å². The largest absolute Gasteiger partial charge is 0.495 e. The van der Waals surface area contributed by atoms with E-state index in [-0.39, 0.29) is 0 Å². The highest BCUT2D eigenvalue weighted by Crippen LogP contribution is 2.29. The second-order valence-electron chi connectivity index (χ2n) is 5.08. The van der Waals surface area contributed by atoms with Crippen LogP contribution in [0.1, 0.15) is 0 Å². The number of pyridine rings is 1. The predicted octanol–water partition coefficient (Wildman–Crippen LogP) is 2.00. The number of para-hydroxylation sites is 2. The second kappa shape index (κ2) is 5.91. The van der Waals surface area contributed by atoms with Crippen molar-refractivity contribution < 1.29 is 4.74 Å². The van der Waals surface area contributed by atoms with E-state index in [1.165, 1.54) is 0 Å². The van der Waals surface area contributed by atoms with E-state index in [0.29, 0.717) is 5.82 Å². The molecule has 2 N–H and O–H groups in total. The van der Waals surface area contributed by atoms with E-state index in [4.69, 9.17) is 10.5 Å². The highest BCUT2D eigenvalue weighted by Gasteiger charge is 2.19. The van der Waals surface area contributed by atoms with Gasteiger partial charge in [0.15, 0.2) is 0 Å². The molecule has 0 unspecified atom stereocenters. The van der Waals surface area contributed by atoms with Gasteiger partial charge in [-0.3, -0.25) is 0 Å². The van der Waals surface area contributed by atoms with Gasteiger partial charge in [-0.25, -0.2) is 4.98 Å². The Morgan fingerprint density at radius 3 is 2.48 bits per heavy atom. The third-order valence-corrected chi connectivity index (χ3v) is 3.84. The van der Waals surface area contributed by atoms with Crippen molar-refractivity contribution >= 4 is 17.2 Å². The van der Waals surface area contributed by atoms with Crippen LogP contribution < -0.4 is 20.3 Å². The number of nitrogens with zero attached hydrogens (tertiary/aromatic N) is 3. The van der Waals surface area contributed by atoms with Crippen LogP contribution in [0.3, 0.4) is 0 Å². The molecule has 0 aliphatic carbocycles. The van der Waals surface area contributed by atoms with Gasteiger partial charge in [-0.1, -0.05) is 12.1 Å². The lowest BCUT2D eigenvalue weighted by Gasteiger charge is -2.37. The molecule has 1 aliphatic heterocycles. The molecule has 1 aliphatic rings. The summed E-state index contributed by atoms with van der Waals surface area (Å²) in [5.41, 5.74) is 8.06. The molecule has 0 atom stereocenters. The van der Waals surface area contributed by atoms with Gasteiger partial charge < -0.3 is 20.3 Å². The first-order chi connectivity index (χ1) is 10.3. The molecule has 5 nitrogen and oxygen atoms in total. The molecule has 1 aromatic carbocycles. The lowest BCUT2D eigenvalue weighted by Crippen LogP contribution is -2.46. The minimum Gasteiger partial charge on any atom is -0.495 e. The molecule has 2 heterocycles. The fraction of sp³-hybridized carbons (Fsp3) is 0.312. The smallest absolute Gasteiger partial charge is 0.142 e. The number of anilines is 3. The summed E-state index contributed by atoms with van der Waals surface area (Å²) in [6.45, 7) is 3.84. The predicted molar refractivity (Wildman–Crippen MR) is 86.1 cm³/mol. The van der Waals surface area contributed by atoms with Crippen molar-refractivity contribution in [2.75, 3.05) is 48.8 Å². The van der Waals surface area contributed by atoms with Gasteiger partial charge in [0.05, 0.1) is 12.8 Å². The van der Waals surface area contributed by atoms with E-state index >= 15 is 0 Å². The van der Waals surface area contributed by atoms with E-state index < -0.39 is 0 Å². The highest BCUT2D eigenvalue weighted by atomic mass is 16.5. The first kappa shape index (κ1) is 13.5. The van der Waals surface area contributed by atoms with Crippen molar-refractivity contribution in [1.82, 2.24) is 4.98 Å². The Hall–Kier alpha value is -2.43. The van der Waals surface area contributed by atoms with Crippen LogP contribution in [-0.4, -0.2) is 38.3 Å². The van der Waals surface area contributed by atoms with Crippen molar-refractivity contribution in [2.45, 2.75) is 0 Å². The van der Waals surface area contributed by atoms with E-state index in [1.54, 1.807) is 13.3 Å². The number of ether oxygens (including phenoxy) is 1. The van der Waals surface area contributed by atoms with Gasteiger partial charge >= 0.3 is 0 Å². The third-order valence-electron chi connectivity index (χ3n) is 3.84. The summed E-state index contributed by atoms with van der Waals surface area (Å²) in [5, 5.41) is 0. The number of hydrogen-bond donors (Lipinski definition) is 1. The monoisotopic (exact) mass is 284 g/mol. The molecule has 0 radical (unpaired) electrons. The molecule has 1 fully saturated rings. The number of methoxy groups -OCH3 is 1. The number of piperazine rings is 1. The van der Waals surface area contributed by atoms with Crippen molar-refractivity contribution in [3.63, 3.8) is 0 Å². The first-order valence-corrected chi connectivity index (χ1v) is 7.12. The third kappa shape index (κ3) is 2.86. The minimum atomic E-state index is 0.569. The average molecular weight is 284 g/mol. The lowest BCUT2D eigenvalue weighted by molar-refractivity contribution is 0.413. The first-order valence-electron chi connectivity index (χ1n) is 7.12. The van der Waals surface area contributed by atoms with Gasteiger partial charge in [0, 0.05) is 44.1 Å². The summed E-state index contributed by atoms with van der Waals surface area (Å²) < 4.78 is 5.45. The standard InChI is InChI=1S/C16H20N4O/c1-21-15-5-3-2-4-14(15)20-10-8-19(9-11-20)13-6-7-18-16(17)12-13/h2-7,12H,8-11H2,1H3,(H2,17,18). The topological polar surface area (TPSA) is 54.6 Å². The van der Waals surface area contributed by atoms with Gasteiger partial charge in [-0.2, -0.15) is 0 Å². The quantitative estimate of drug-likeness (QED) is 0.934. The Kier molecular flexibility index (Phi) is 3.81. The van der Waals surface area contributed by atoms with Crippen molar-refractivity contribution in [2.24, 2.45) is 0 Å². The molecule has 5 heteroatoms. The van der Waals surface area contributed by atoms with E-state index in [0.717, 1.165) is 43.3 Å². The van der Waals surface area contributed by atoms with Gasteiger partial charge in [-0.05, 0) is 18.2 Å².